The highest BCUT2D eigenvalue weighted by molar-refractivity contribution is 5.86. The first-order valence-electron chi connectivity index (χ1n) is 5.28. The van der Waals surface area contributed by atoms with Gasteiger partial charge in [-0.25, -0.2) is 4.39 Å². The van der Waals surface area contributed by atoms with Crippen LogP contribution in [0.4, 0.5) is 4.39 Å². The van der Waals surface area contributed by atoms with Crippen LogP contribution in [0.3, 0.4) is 0 Å². The van der Waals surface area contributed by atoms with E-state index >= 15 is 0 Å². The highest BCUT2D eigenvalue weighted by Crippen LogP contribution is 1.97. The summed E-state index contributed by atoms with van der Waals surface area (Å²) in [4.78, 5) is 22.3. The van der Waals surface area contributed by atoms with Crippen molar-refractivity contribution in [3.63, 3.8) is 0 Å². The molecule has 0 saturated carbocycles. The van der Waals surface area contributed by atoms with E-state index in [9.17, 15) is 14.0 Å². The fraction of sp³-hybridized carbons (Fsp3) is 0.333. The summed E-state index contributed by atoms with van der Waals surface area (Å²) >= 11 is 0. The monoisotopic (exact) mass is 238 g/mol. The zero-order valence-corrected chi connectivity index (χ0v) is 9.57. The van der Waals surface area contributed by atoms with Crippen LogP contribution in [0.15, 0.2) is 30.3 Å². The third kappa shape index (κ3) is 4.63. The lowest BCUT2D eigenvalue weighted by Gasteiger charge is -2.14. The van der Waals surface area contributed by atoms with Crippen LogP contribution in [0, 0.1) is 0 Å². The molecule has 0 saturated heterocycles. The summed E-state index contributed by atoms with van der Waals surface area (Å²) in [5.74, 6) is -0.950. The first kappa shape index (κ1) is 13.2. The minimum absolute atomic E-state index is 0.315. The maximum Gasteiger partial charge on any atom is 0.245 e. The molecule has 1 atom stereocenters. The average molecular weight is 238 g/mol. The predicted molar refractivity (Wildman–Crippen MR) is 61.9 cm³/mol. The second-order valence-electron chi connectivity index (χ2n) is 3.61. The largest absolute Gasteiger partial charge is 0.350 e. The molecule has 92 valence electrons. The molecule has 2 amide bonds. The molecule has 0 heterocycles. The zero-order chi connectivity index (χ0) is 12.7. The van der Waals surface area contributed by atoms with Gasteiger partial charge >= 0.3 is 0 Å². The number of carbonyl (C=O) groups is 2. The summed E-state index contributed by atoms with van der Waals surface area (Å²) in [6.07, 6.45) is 0. The molecular weight excluding hydrogens is 223 g/mol. The van der Waals surface area contributed by atoms with Crippen LogP contribution < -0.4 is 10.6 Å². The topological polar surface area (TPSA) is 58.2 Å². The van der Waals surface area contributed by atoms with E-state index in [-0.39, 0.29) is 0 Å². The van der Waals surface area contributed by atoms with Gasteiger partial charge in [-0.05, 0) is 5.56 Å². The highest BCUT2D eigenvalue weighted by Gasteiger charge is 2.18. The quantitative estimate of drug-likeness (QED) is 0.796. The minimum Gasteiger partial charge on any atom is -0.350 e. The molecule has 5 heteroatoms. The van der Waals surface area contributed by atoms with Crippen LogP contribution in [0.1, 0.15) is 12.5 Å². The maximum absolute atomic E-state index is 12.5. The number of carbonyl (C=O) groups excluding carboxylic acids is 2. The Bertz CT molecular complexity index is 381. The van der Waals surface area contributed by atoms with E-state index < -0.39 is 24.5 Å². The number of hydrogen-bond donors (Lipinski definition) is 2. The number of amides is 2. The van der Waals surface area contributed by atoms with Crippen molar-refractivity contribution in [2.24, 2.45) is 0 Å². The van der Waals surface area contributed by atoms with Crippen molar-refractivity contribution in [2.75, 3.05) is 6.67 Å². The van der Waals surface area contributed by atoms with Gasteiger partial charge in [0.2, 0.25) is 11.8 Å². The standard InChI is InChI=1S/C12H15FN2O2/c1-9(16)15-11(7-13)12(17)14-8-10-5-3-2-4-6-10/h2-6,11H,7-8H2,1H3,(H,14,17)(H,15,16). The molecule has 1 aromatic rings. The third-order valence-electron chi connectivity index (χ3n) is 2.16. The van der Waals surface area contributed by atoms with Crippen molar-refractivity contribution in [1.29, 1.82) is 0 Å². The van der Waals surface area contributed by atoms with E-state index in [1.165, 1.54) is 6.92 Å². The second kappa shape index (κ2) is 6.62. The highest BCUT2D eigenvalue weighted by atomic mass is 19.1. The van der Waals surface area contributed by atoms with Gasteiger partial charge in [0.05, 0.1) is 0 Å². The predicted octanol–water partition coefficient (Wildman–Crippen LogP) is 0.777. The Balaban J connectivity index is 2.45. The lowest BCUT2D eigenvalue weighted by atomic mass is 10.2. The van der Waals surface area contributed by atoms with E-state index in [4.69, 9.17) is 0 Å². The van der Waals surface area contributed by atoms with E-state index in [1.54, 1.807) is 0 Å². The van der Waals surface area contributed by atoms with Gasteiger partial charge in [-0.15, -0.1) is 0 Å². The third-order valence-corrected chi connectivity index (χ3v) is 2.16. The number of alkyl halides is 1. The van der Waals surface area contributed by atoms with Crippen molar-refractivity contribution in [3.05, 3.63) is 35.9 Å². The van der Waals surface area contributed by atoms with Gasteiger partial charge < -0.3 is 10.6 Å². The molecule has 0 aromatic heterocycles. The lowest BCUT2D eigenvalue weighted by Crippen LogP contribution is -2.47. The maximum atomic E-state index is 12.5. The summed E-state index contributed by atoms with van der Waals surface area (Å²) < 4.78 is 12.5. The molecule has 0 aliphatic heterocycles. The van der Waals surface area contributed by atoms with Gasteiger partial charge in [0.15, 0.2) is 0 Å². The molecule has 2 N–H and O–H groups in total. The van der Waals surface area contributed by atoms with Crippen LogP contribution in [0.25, 0.3) is 0 Å². The van der Waals surface area contributed by atoms with Gasteiger partial charge in [0.25, 0.3) is 0 Å². The summed E-state index contributed by atoms with van der Waals surface area (Å²) in [6.45, 7) is 0.642. The van der Waals surface area contributed by atoms with Crippen LogP contribution in [0.2, 0.25) is 0 Å². The SMILES string of the molecule is CC(=O)NC(CF)C(=O)NCc1ccccc1. The van der Waals surface area contributed by atoms with Gasteiger partial charge in [0, 0.05) is 13.5 Å². The van der Waals surface area contributed by atoms with E-state index in [0.717, 1.165) is 5.56 Å². The van der Waals surface area contributed by atoms with Crippen molar-refractivity contribution < 1.29 is 14.0 Å². The Hall–Kier alpha value is -1.91. The van der Waals surface area contributed by atoms with Crippen molar-refractivity contribution >= 4 is 11.8 Å². The minimum atomic E-state index is -1.11. The summed E-state index contributed by atoms with van der Waals surface area (Å²) in [6, 6.07) is 8.15. The van der Waals surface area contributed by atoms with Crippen molar-refractivity contribution in [1.82, 2.24) is 10.6 Å². The van der Waals surface area contributed by atoms with Gasteiger partial charge in [-0.2, -0.15) is 0 Å². The molecule has 0 spiro atoms. The van der Waals surface area contributed by atoms with Gasteiger partial charge in [0.1, 0.15) is 12.7 Å². The molecule has 0 bridgehead atoms. The van der Waals surface area contributed by atoms with Crippen LogP contribution >= 0.6 is 0 Å². The number of hydrogen-bond acceptors (Lipinski definition) is 2. The molecule has 0 aliphatic carbocycles. The molecule has 17 heavy (non-hydrogen) atoms. The zero-order valence-electron chi connectivity index (χ0n) is 9.57. The Morgan fingerprint density at radius 3 is 2.47 bits per heavy atom. The second-order valence-corrected chi connectivity index (χ2v) is 3.61. The molecule has 0 aliphatic rings. The fourth-order valence-corrected chi connectivity index (χ4v) is 1.33. The van der Waals surface area contributed by atoms with E-state index in [1.807, 2.05) is 30.3 Å². The van der Waals surface area contributed by atoms with Gasteiger partial charge in [-0.3, -0.25) is 9.59 Å². The molecule has 4 nitrogen and oxygen atoms in total. The molecular formula is C12H15FN2O2. The first-order chi connectivity index (χ1) is 8.13. The summed E-state index contributed by atoms with van der Waals surface area (Å²) in [7, 11) is 0. The van der Waals surface area contributed by atoms with Crippen LogP contribution in [0.5, 0.6) is 0 Å². The normalized spacial score (nSPS) is 11.6. The first-order valence-corrected chi connectivity index (χ1v) is 5.28. The van der Waals surface area contributed by atoms with Crippen molar-refractivity contribution in [2.45, 2.75) is 19.5 Å². The van der Waals surface area contributed by atoms with Crippen LogP contribution in [-0.2, 0) is 16.1 Å². The van der Waals surface area contributed by atoms with Gasteiger partial charge in [-0.1, -0.05) is 30.3 Å². The van der Waals surface area contributed by atoms with E-state index in [0.29, 0.717) is 6.54 Å². The summed E-state index contributed by atoms with van der Waals surface area (Å²) in [5.41, 5.74) is 0.918. The smallest absolute Gasteiger partial charge is 0.245 e. The lowest BCUT2D eigenvalue weighted by molar-refractivity contribution is -0.128. The average Bonchev–Trinajstić information content (AvgIpc) is 2.34. The number of benzene rings is 1. The number of rotatable bonds is 5. The molecule has 0 radical (unpaired) electrons. The molecule has 1 rings (SSSR count). The Morgan fingerprint density at radius 1 is 1.29 bits per heavy atom. The van der Waals surface area contributed by atoms with E-state index in [2.05, 4.69) is 10.6 Å². The van der Waals surface area contributed by atoms with Crippen molar-refractivity contribution in [3.8, 4) is 0 Å². The Kier molecular flexibility index (Phi) is 5.13. The Labute approximate surface area is 99.2 Å². The molecule has 1 unspecified atom stereocenters. The van der Waals surface area contributed by atoms with Crippen LogP contribution in [-0.4, -0.2) is 24.5 Å². The molecule has 1 aromatic carbocycles. The number of nitrogens with one attached hydrogen (secondary N) is 2. The number of halogens is 1. The molecule has 0 fully saturated rings. The Morgan fingerprint density at radius 2 is 1.94 bits per heavy atom. The fourth-order valence-electron chi connectivity index (χ4n) is 1.33. The summed E-state index contributed by atoms with van der Waals surface area (Å²) in [5, 5.41) is 4.80.